The summed E-state index contributed by atoms with van der Waals surface area (Å²) in [5, 5.41) is 0. The first kappa shape index (κ1) is 11.3. The Bertz CT molecular complexity index is 642. The Labute approximate surface area is 101 Å². The molecule has 5 nitrogen and oxygen atoms in total. The summed E-state index contributed by atoms with van der Waals surface area (Å²) in [6, 6.07) is 3.49. The maximum atomic E-state index is 11.2. The maximum Gasteiger partial charge on any atom is 0.229 e. The summed E-state index contributed by atoms with van der Waals surface area (Å²) in [5.74, 6) is 0. The lowest BCUT2D eigenvalue weighted by molar-refractivity contribution is 0.607. The predicted octanol–water partition coefficient (Wildman–Crippen LogP) is 1.76. The minimum Gasteiger partial charge on any atom is -0.280 e. The van der Waals surface area contributed by atoms with Crippen LogP contribution in [-0.2, 0) is 10.0 Å². The average Bonchev–Trinajstić information content (AvgIpc) is 2.21. The van der Waals surface area contributed by atoms with Crippen LogP contribution < -0.4 is 4.72 Å². The molecule has 1 aromatic carbocycles. The van der Waals surface area contributed by atoms with Gasteiger partial charge in [-0.25, -0.2) is 8.42 Å². The molecule has 0 aliphatic rings. The van der Waals surface area contributed by atoms with E-state index in [0.717, 1.165) is 6.26 Å². The number of sulfonamides is 1. The van der Waals surface area contributed by atoms with Crippen LogP contribution in [0.1, 0.15) is 0 Å². The lowest BCUT2D eigenvalue weighted by Crippen LogP contribution is -2.10. The highest BCUT2D eigenvalue weighted by atomic mass is 79.9. The fraction of sp³-hybridized carbons (Fsp3) is 0.111. The molecule has 1 heterocycles. The van der Waals surface area contributed by atoms with Gasteiger partial charge in [0.2, 0.25) is 10.0 Å². The Morgan fingerprint density at radius 1 is 1.25 bits per heavy atom. The van der Waals surface area contributed by atoms with Crippen LogP contribution in [0.25, 0.3) is 11.0 Å². The van der Waals surface area contributed by atoms with Crippen LogP contribution in [0.15, 0.2) is 29.0 Å². The summed E-state index contributed by atoms with van der Waals surface area (Å²) in [7, 11) is -3.34. The Kier molecular flexibility index (Phi) is 2.81. The van der Waals surface area contributed by atoms with Crippen LogP contribution in [0.3, 0.4) is 0 Å². The van der Waals surface area contributed by atoms with Gasteiger partial charge in [-0.15, -0.1) is 0 Å². The SMILES string of the molecule is CS(=O)(=O)Nc1c(Br)ccc2nccnc12. The summed E-state index contributed by atoms with van der Waals surface area (Å²) in [6.45, 7) is 0. The molecule has 84 valence electrons. The average molecular weight is 302 g/mol. The monoisotopic (exact) mass is 301 g/mol. The van der Waals surface area contributed by atoms with Gasteiger partial charge in [-0.05, 0) is 28.1 Å². The maximum absolute atomic E-state index is 11.2. The molecule has 0 amide bonds. The molecule has 0 saturated heterocycles. The zero-order valence-corrected chi connectivity index (χ0v) is 10.7. The van der Waals surface area contributed by atoms with Gasteiger partial charge in [0, 0.05) is 16.9 Å². The number of fused-ring (bicyclic) bond motifs is 1. The van der Waals surface area contributed by atoms with E-state index in [4.69, 9.17) is 0 Å². The summed E-state index contributed by atoms with van der Waals surface area (Å²) >= 11 is 3.28. The summed E-state index contributed by atoms with van der Waals surface area (Å²) < 4.78 is 25.5. The molecule has 0 spiro atoms. The molecule has 0 fully saturated rings. The van der Waals surface area contributed by atoms with Crippen molar-refractivity contribution in [2.24, 2.45) is 0 Å². The topological polar surface area (TPSA) is 72.0 Å². The Hall–Kier alpha value is -1.21. The summed E-state index contributed by atoms with van der Waals surface area (Å²) in [4.78, 5) is 8.20. The van der Waals surface area contributed by atoms with Crippen molar-refractivity contribution in [2.45, 2.75) is 0 Å². The molecule has 0 unspecified atom stereocenters. The molecule has 0 bridgehead atoms. The number of nitrogens with zero attached hydrogens (tertiary/aromatic N) is 2. The number of rotatable bonds is 2. The minimum atomic E-state index is -3.34. The van der Waals surface area contributed by atoms with Gasteiger partial charge in [0.25, 0.3) is 0 Å². The van der Waals surface area contributed by atoms with E-state index in [9.17, 15) is 8.42 Å². The normalized spacial score (nSPS) is 11.6. The molecule has 7 heteroatoms. The molecule has 16 heavy (non-hydrogen) atoms. The zero-order chi connectivity index (χ0) is 11.8. The van der Waals surface area contributed by atoms with Crippen molar-refractivity contribution in [3.63, 3.8) is 0 Å². The molecule has 1 aromatic heterocycles. The van der Waals surface area contributed by atoms with Crippen LogP contribution in [0, 0.1) is 0 Å². The second-order valence-electron chi connectivity index (χ2n) is 3.22. The lowest BCUT2D eigenvalue weighted by Gasteiger charge is -2.08. The molecular weight excluding hydrogens is 294 g/mol. The van der Waals surface area contributed by atoms with E-state index in [-0.39, 0.29) is 0 Å². The van der Waals surface area contributed by atoms with E-state index >= 15 is 0 Å². The molecule has 0 saturated carbocycles. The van der Waals surface area contributed by atoms with E-state index in [0.29, 0.717) is 21.2 Å². The number of anilines is 1. The first-order valence-corrected chi connectivity index (χ1v) is 7.03. The molecular formula is C9H8BrN3O2S. The number of halogens is 1. The molecule has 0 radical (unpaired) electrons. The van der Waals surface area contributed by atoms with Gasteiger partial charge in [-0.3, -0.25) is 14.7 Å². The minimum absolute atomic E-state index is 0.410. The molecule has 0 aliphatic heterocycles. The van der Waals surface area contributed by atoms with Crippen molar-refractivity contribution in [1.82, 2.24) is 9.97 Å². The van der Waals surface area contributed by atoms with Crippen molar-refractivity contribution in [2.75, 3.05) is 11.0 Å². The van der Waals surface area contributed by atoms with Crippen LogP contribution in [0.4, 0.5) is 5.69 Å². The third-order valence-corrected chi connectivity index (χ3v) is 3.11. The van der Waals surface area contributed by atoms with E-state index < -0.39 is 10.0 Å². The second-order valence-corrected chi connectivity index (χ2v) is 5.82. The van der Waals surface area contributed by atoms with E-state index in [1.807, 2.05) is 0 Å². The van der Waals surface area contributed by atoms with E-state index in [1.54, 1.807) is 18.3 Å². The predicted molar refractivity (Wildman–Crippen MR) is 65.7 cm³/mol. The first-order chi connectivity index (χ1) is 7.47. The molecule has 0 atom stereocenters. The van der Waals surface area contributed by atoms with Gasteiger partial charge in [-0.2, -0.15) is 0 Å². The lowest BCUT2D eigenvalue weighted by atomic mass is 10.2. The highest BCUT2D eigenvalue weighted by Crippen LogP contribution is 2.29. The van der Waals surface area contributed by atoms with Gasteiger partial charge >= 0.3 is 0 Å². The van der Waals surface area contributed by atoms with Crippen molar-refractivity contribution in [3.8, 4) is 0 Å². The number of hydrogen-bond acceptors (Lipinski definition) is 4. The first-order valence-electron chi connectivity index (χ1n) is 4.34. The fourth-order valence-electron chi connectivity index (χ4n) is 1.29. The summed E-state index contributed by atoms with van der Waals surface area (Å²) in [6.07, 6.45) is 4.16. The van der Waals surface area contributed by atoms with Crippen molar-refractivity contribution in [3.05, 3.63) is 29.0 Å². The van der Waals surface area contributed by atoms with Crippen molar-refractivity contribution >= 4 is 42.7 Å². The highest BCUT2D eigenvalue weighted by molar-refractivity contribution is 9.10. The van der Waals surface area contributed by atoms with Gasteiger partial charge in [0.05, 0.1) is 17.5 Å². The molecule has 0 aliphatic carbocycles. The third-order valence-electron chi connectivity index (χ3n) is 1.88. The Balaban J connectivity index is 2.71. The number of nitrogens with one attached hydrogen (secondary N) is 1. The van der Waals surface area contributed by atoms with Crippen molar-refractivity contribution < 1.29 is 8.42 Å². The smallest absolute Gasteiger partial charge is 0.229 e. The van der Waals surface area contributed by atoms with Crippen LogP contribution in [-0.4, -0.2) is 24.6 Å². The third kappa shape index (κ3) is 2.30. The van der Waals surface area contributed by atoms with Crippen LogP contribution in [0.5, 0.6) is 0 Å². The van der Waals surface area contributed by atoms with Gasteiger partial charge in [-0.1, -0.05) is 0 Å². The zero-order valence-electron chi connectivity index (χ0n) is 8.31. The van der Waals surface area contributed by atoms with Gasteiger partial charge < -0.3 is 0 Å². The van der Waals surface area contributed by atoms with E-state index in [1.165, 1.54) is 6.20 Å². The quantitative estimate of drug-likeness (QED) is 0.917. The van der Waals surface area contributed by atoms with E-state index in [2.05, 4.69) is 30.6 Å². The Morgan fingerprint density at radius 3 is 2.62 bits per heavy atom. The second kappa shape index (κ2) is 3.99. The molecule has 2 rings (SSSR count). The molecule has 1 N–H and O–H groups in total. The number of hydrogen-bond donors (Lipinski definition) is 1. The number of aromatic nitrogens is 2. The van der Waals surface area contributed by atoms with Crippen LogP contribution >= 0.6 is 15.9 Å². The van der Waals surface area contributed by atoms with Gasteiger partial charge in [0.15, 0.2) is 0 Å². The largest absolute Gasteiger partial charge is 0.280 e. The van der Waals surface area contributed by atoms with Gasteiger partial charge in [0.1, 0.15) is 5.52 Å². The summed E-state index contributed by atoms with van der Waals surface area (Å²) in [5.41, 5.74) is 1.56. The van der Waals surface area contributed by atoms with Crippen LogP contribution in [0.2, 0.25) is 0 Å². The number of benzene rings is 1. The Morgan fingerprint density at radius 2 is 1.94 bits per heavy atom. The fourth-order valence-corrected chi connectivity index (χ4v) is 2.42. The van der Waals surface area contributed by atoms with Crippen molar-refractivity contribution in [1.29, 1.82) is 0 Å². The molecule has 2 aromatic rings. The highest BCUT2D eigenvalue weighted by Gasteiger charge is 2.11. The standard InChI is InChI=1S/C9H8BrN3O2S/c1-16(14,15)13-8-6(10)2-3-7-9(8)12-5-4-11-7/h2-5,13H,1H3.